The van der Waals surface area contributed by atoms with Gasteiger partial charge in [0.15, 0.2) is 5.78 Å². The lowest BCUT2D eigenvalue weighted by Gasteiger charge is -2.36. The minimum absolute atomic E-state index is 0.0733. The number of hydrogen-bond donors (Lipinski definition) is 0. The van der Waals surface area contributed by atoms with Crippen molar-refractivity contribution < 1.29 is 9.59 Å². The van der Waals surface area contributed by atoms with Crippen LogP contribution in [0.2, 0.25) is 0 Å². The second-order valence-corrected chi connectivity index (χ2v) is 8.69. The summed E-state index contributed by atoms with van der Waals surface area (Å²) >= 11 is 3.20. The van der Waals surface area contributed by atoms with Crippen molar-refractivity contribution in [2.24, 2.45) is 10.8 Å². The van der Waals surface area contributed by atoms with Gasteiger partial charge < -0.3 is 4.90 Å². The molecule has 0 saturated carbocycles. The van der Waals surface area contributed by atoms with Gasteiger partial charge in [-0.1, -0.05) is 27.7 Å². The van der Waals surface area contributed by atoms with Crippen molar-refractivity contribution in [3.05, 3.63) is 21.9 Å². The molecule has 2 aliphatic rings. The van der Waals surface area contributed by atoms with Crippen molar-refractivity contribution in [2.45, 2.75) is 39.6 Å². The summed E-state index contributed by atoms with van der Waals surface area (Å²) < 4.78 is 0. The average Bonchev–Trinajstić information content (AvgIpc) is 2.85. The summed E-state index contributed by atoms with van der Waals surface area (Å²) in [6.07, 6.45) is 0. The van der Waals surface area contributed by atoms with E-state index < -0.39 is 5.41 Å². The molecule has 1 aromatic rings. The Kier molecular flexibility index (Phi) is 3.07. The summed E-state index contributed by atoms with van der Waals surface area (Å²) in [6, 6.07) is 1.89. The highest BCUT2D eigenvalue weighted by Gasteiger charge is 2.59. The maximum absolute atomic E-state index is 12.8. The van der Waals surface area contributed by atoms with Crippen LogP contribution in [0.5, 0.6) is 0 Å². The summed E-state index contributed by atoms with van der Waals surface area (Å²) in [5, 5.41) is 2.02. The molecule has 1 aromatic heterocycles. The van der Waals surface area contributed by atoms with Gasteiger partial charge in [0, 0.05) is 15.9 Å². The van der Waals surface area contributed by atoms with E-state index in [9.17, 15) is 9.59 Å². The zero-order valence-electron chi connectivity index (χ0n) is 12.2. The molecule has 0 N–H and O–H groups in total. The van der Waals surface area contributed by atoms with Crippen LogP contribution in [-0.2, 0) is 11.3 Å². The fourth-order valence-corrected chi connectivity index (χ4v) is 5.41. The summed E-state index contributed by atoms with van der Waals surface area (Å²) in [6.45, 7) is 8.91. The molecule has 1 fully saturated rings. The molecular formula is C15H19NO2S2. The minimum Gasteiger partial charge on any atom is -0.324 e. The van der Waals surface area contributed by atoms with Gasteiger partial charge in [0.2, 0.25) is 5.91 Å². The maximum atomic E-state index is 12.8. The SMILES string of the molecule is CC1(C)C(=O)N2Cc3sccc3C(=O)CSC2C1(C)C. The van der Waals surface area contributed by atoms with E-state index >= 15 is 0 Å². The van der Waals surface area contributed by atoms with Gasteiger partial charge in [-0.25, -0.2) is 0 Å². The van der Waals surface area contributed by atoms with Gasteiger partial charge in [-0.05, 0) is 11.4 Å². The Balaban J connectivity index is 2.07. The number of rotatable bonds is 0. The molecule has 1 unspecified atom stereocenters. The summed E-state index contributed by atoms with van der Waals surface area (Å²) in [7, 11) is 0. The van der Waals surface area contributed by atoms with Crippen LogP contribution < -0.4 is 0 Å². The van der Waals surface area contributed by atoms with Gasteiger partial charge in [-0.3, -0.25) is 9.59 Å². The number of fused-ring (bicyclic) bond motifs is 2. The number of thioether (sulfide) groups is 1. The first-order chi connectivity index (χ1) is 9.26. The fraction of sp³-hybridized carbons (Fsp3) is 0.600. The molecule has 20 heavy (non-hydrogen) atoms. The highest BCUT2D eigenvalue weighted by molar-refractivity contribution is 8.00. The van der Waals surface area contributed by atoms with Crippen molar-refractivity contribution in [3.63, 3.8) is 0 Å². The number of carbonyl (C=O) groups is 2. The predicted molar refractivity (Wildman–Crippen MR) is 83.0 cm³/mol. The van der Waals surface area contributed by atoms with E-state index in [4.69, 9.17) is 0 Å². The highest BCUT2D eigenvalue weighted by atomic mass is 32.2. The normalized spacial score (nSPS) is 27.8. The van der Waals surface area contributed by atoms with E-state index in [2.05, 4.69) is 13.8 Å². The third-order valence-electron chi connectivity index (χ3n) is 5.04. The molecular weight excluding hydrogens is 290 g/mol. The number of Topliss-reactive ketones (excluding diaryl/α,β-unsaturated/α-hetero) is 1. The van der Waals surface area contributed by atoms with Crippen LogP contribution in [0.1, 0.15) is 42.9 Å². The Hall–Kier alpha value is -0.810. The molecule has 3 nitrogen and oxygen atoms in total. The Morgan fingerprint density at radius 1 is 1.25 bits per heavy atom. The molecule has 1 atom stereocenters. The van der Waals surface area contributed by atoms with Crippen molar-refractivity contribution in [3.8, 4) is 0 Å². The molecule has 5 heteroatoms. The Morgan fingerprint density at radius 3 is 2.65 bits per heavy atom. The molecule has 1 amide bonds. The van der Waals surface area contributed by atoms with Crippen LogP contribution in [0.15, 0.2) is 11.4 Å². The standard InChI is InChI=1S/C15H19NO2S2/c1-14(2)12(18)16-7-11-9(5-6-19-11)10(17)8-20-13(16)15(14,3)4/h5-6,13H,7-8H2,1-4H3. The quantitative estimate of drug-likeness (QED) is 0.737. The van der Waals surface area contributed by atoms with Gasteiger partial charge in [0.25, 0.3) is 0 Å². The third kappa shape index (κ3) is 1.72. The third-order valence-corrected chi connectivity index (χ3v) is 7.53. The molecule has 108 valence electrons. The van der Waals surface area contributed by atoms with Gasteiger partial charge in [-0.2, -0.15) is 0 Å². The molecule has 3 rings (SSSR count). The lowest BCUT2D eigenvalue weighted by molar-refractivity contribution is -0.136. The second kappa shape index (κ2) is 4.34. The van der Waals surface area contributed by atoms with Gasteiger partial charge >= 0.3 is 0 Å². The molecule has 0 radical (unpaired) electrons. The summed E-state index contributed by atoms with van der Waals surface area (Å²) in [4.78, 5) is 28.0. The van der Waals surface area contributed by atoms with E-state index in [0.717, 1.165) is 10.4 Å². The Bertz CT molecular complexity index is 588. The first kappa shape index (κ1) is 14.1. The van der Waals surface area contributed by atoms with E-state index in [1.54, 1.807) is 23.1 Å². The largest absolute Gasteiger partial charge is 0.324 e. The monoisotopic (exact) mass is 309 g/mol. The number of thiophene rings is 1. The van der Waals surface area contributed by atoms with Crippen LogP contribution in [0.4, 0.5) is 0 Å². The number of ketones is 1. The maximum Gasteiger partial charge on any atom is 0.230 e. The zero-order valence-corrected chi connectivity index (χ0v) is 13.9. The molecule has 0 aromatic carbocycles. The number of carbonyl (C=O) groups excluding carboxylic acids is 2. The summed E-state index contributed by atoms with van der Waals surface area (Å²) in [5.41, 5.74) is 0.260. The van der Waals surface area contributed by atoms with Crippen molar-refractivity contribution >= 4 is 34.8 Å². The van der Waals surface area contributed by atoms with Gasteiger partial charge in [0.1, 0.15) is 0 Å². The molecule has 0 spiro atoms. The topological polar surface area (TPSA) is 37.4 Å². The van der Waals surface area contributed by atoms with Crippen LogP contribution in [0.3, 0.4) is 0 Å². The first-order valence-electron chi connectivity index (χ1n) is 6.79. The Morgan fingerprint density at radius 2 is 1.95 bits per heavy atom. The lowest BCUT2D eigenvalue weighted by Crippen LogP contribution is -2.38. The number of amides is 1. The molecule has 1 saturated heterocycles. The van der Waals surface area contributed by atoms with E-state index in [1.165, 1.54) is 0 Å². The van der Waals surface area contributed by atoms with Crippen molar-refractivity contribution in [1.82, 2.24) is 4.90 Å². The van der Waals surface area contributed by atoms with Crippen LogP contribution in [0.25, 0.3) is 0 Å². The van der Waals surface area contributed by atoms with Crippen molar-refractivity contribution in [1.29, 1.82) is 0 Å². The second-order valence-electron chi connectivity index (χ2n) is 6.62. The predicted octanol–water partition coefficient (Wildman–Crippen LogP) is 3.40. The first-order valence-corrected chi connectivity index (χ1v) is 8.72. The lowest BCUT2D eigenvalue weighted by atomic mass is 9.70. The molecule has 0 aliphatic carbocycles. The van der Waals surface area contributed by atoms with Gasteiger partial charge in [-0.15, -0.1) is 23.1 Å². The average molecular weight is 309 g/mol. The van der Waals surface area contributed by atoms with Crippen LogP contribution >= 0.6 is 23.1 Å². The van der Waals surface area contributed by atoms with Crippen LogP contribution in [0, 0.1) is 10.8 Å². The van der Waals surface area contributed by atoms with E-state index in [1.807, 2.05) is 30.2 Å². The van der Waals surface area contributed by atoms with E-state index in [0.29, 0.717) is 12.3 Å². The number of nitrogens with zero attached hydrogens (tertiary/aromatic N) is 1. The summed E-state index contributed by atoms with van der Waals surface area (Å²) in [5.74, 6) is 0.852. The zero-order chi connectivity index (χ0) is 14.7. The Labute approximate surface area is 127 Å². The van der Waals surface area contributed by atoms with Gasteiger partial charge in [0.05, 0.1) is 23.1 Å². The molecule has 0 bridgehead atoms. The smallest absolute Gasteiger partial charge is 0.230 e. The fourth-order valence-electron chi connectivity index (χ4n) is 2.99. The minimum atomic E-state index is -0.393. The van der Waals surface area contributed by atoms with Crippen LogP contribution in [-0.4, -0.2) is 27.7 Å². The van der Waals surface area contributed by atoms with Crippen molar-refractivity contribution in [2.75, 3.05) is 5.75 Å². The molecule has 3 heterocycles. The molecule has 2 aliphatic heterocycles. The highest BCUT2D eigenvalue weighted by Crippen LogP contribution is 2.55. The van der Waals surface area contributed by atoms with E-state index in [-0.39, 0.29) is 22.5 Å². The number of hydrogen-bond acceptors (Lipinski definition) is 4.